The number of nitrogen functional groups attached to an aromatic ring is 1. The molecule has 3 N–H and O–H groups in total. The molecule has 1 aromatic heterocycles. The van der Waals surface area contributed by atoms with Crippen LogP contribution in [0.3, 0.4) is 0 Å². The second kappa shape index (κ2) is 5.87. The fourth-order valence-corrected chi connectivity index (χ4v) is 2.41. The number of hydrogen-bond acceptors (Lipinski definition) is 5. The lowest BCUT2D eigenvalue weighted by Crippen LogP contribution is -2.28. The predicted octanol–water partition coefficient (Wildman–Crippen LogP) is 2.37. The molecule has 2 aromatic rings. The molecule has 1 atom stereocenters. The standard InChI is InChI=1S/C15H19N3O3/c1-8(13-9(2)18-21-10(13)3)17-15(19)14-11(16)6-5-7-12(14)20-4/h5-8H,16H2,1-4H3,(H,17,19). The maximum atomic E-state index is 12.5. The van der Waals surface area contributed by atoms with Crippen molar-refractivity contribution in [3.05, 3.63) is 40.8 Å². The number of rotatable bonds is 4. The first-order valence-electron chi connectivity index (χ1n) is 6.61. The first-order chi connectivity index (χ1) is 9.95. The van der Waals surface area contributed by atoms with Crippen molar-refractivity contribution in [2.24, 2.45) is 0 Å². The molecule has 0 saturated carbocycles. The van der Waals surface area contributed by atoms with Crippen LogP contribution in [0.4, 0.5) is 5.69 Å². The number of nitrogens with zero attached hydrogens (tertiary/aromatic N) is 1. The minimum absolute atomic E-state index is 0.243. The van der Waals surface area contributed by atoms with Gasteiger partial charge in [0.05, 0.1) is 18.8 Å². The molecule has 0 bridgehead atoms. The lowest BCUT2D eigenvalue weighted by molar-refractivity contribution is 0.0937. The number of methoxy groups -OCH3 is 1. The number of amides is 1. The summed E-state index contributed by atoms with van der Waals surface area (Å²) in [5, 5.41) is 6.79. The van der Waals surface area contributed by atoms with Crippen molar-refractivity contribution in [1.29, 1.82) is 0 Å². The van der Waals surface area contributed by atoms with Gasteiger partial charge in [-0.2, -0.15) is 0 Å². The van der Waals surface area contributed by atoms with Gasteiger partial charge in [-0.15, -0.1) is 0 Å². The molecule has 1 heterocycles. The van der Waals surface area contributed by atoms with Crippen LogP contribution in [0.1, 0.15) is 40.3 Å². The van der Waals surface area contributed by atoms with E-state index in [0.717, 1.165) is 11.3 Å². The van der Waals surface area contributed by atoms with Crippen LogP contribution in [-0.4, -0.2) is 18.2 Å². The first-order valence-corrected chi connectivity index (χ1v) is 6.61. The summed E-state index contributed by atoms with van der Waals surface area (Å²) in [6.45, 7) is 5.53. The van der Waals surface area contributed by atoms with Crippen LogP contribution in [0, 0.1) is 13.8 Å². The number of nitrogens with one attached hydrogen (secondary N) is 1. The van der Waals surface area contributed by atoms with Crippen LogP contribution < -0.4 is 15.8 Å². The molecule has 0 aliphatic heterocycles. The van der Waals surface area contributed by atoms with Crippen LogP contribution in [0.25, 0.3) is 0 Å². The van der Waals surface area contributed by atoms with E-state index in [1.54, 1.807) is 18.2 Å². The molecule has 2 rings (SSSR count). The topological polar surface area (TPSA) is 90.4 Å². The van der Waals surface area contributed by atoms with Crippen LogP contribution in [0.2, 0.25) is 0 Å². The molecular formula is C15H19N3O3. The van der Waals surface area contributed by atoms with Crippen LogP contribution in [0.15, 0.2) is 22.7 Å². The van der Waals surface area contributed by atoms with Crippen molar-refractivity contribution >= 4 is 11.6 Å². The van der Waals surface area contributed by atoms with E-state index in [4.69, 9.17) is 15.0 Å². The molecule has 6 nitrogen and oxygen atoms in total. The number of ether oxygens (including phenoxy) is 1. The second-order valence-electron chi connectivity index (χ2n) is 4.86. The van der Waals surface area contributed by atoms with Gasteiger partial charge in [-0.3, -0.25) is 4.79 Å². The average molecular weight is 289 g/mol. The van der Waals surface area contributed by atoms with Gasteiger partial charge in [-0.25, -0.2) is 0 Å². The quantitative estimate of drug-likeness (QED) is 0.843. The van der Waals surface area contributed by atoms with Gasteiger partial charge in [0.1, 0.15) is 17.1 Å². The number of aromatic nitrogens is 1. The largest absolute Gasteiger partial charge is 0.496 e. The number of nitrogens with two attached hydrogens (primary N) is 1. The lowest BCUT2D eigenvalue weighted by Gasteiger charge is -2.16. The summed E-state index contributed by atoms with van der Waals surface area (Å²) in [7, 11) is 1.50. The van der Waals surface area contributed by atoms with Crippen molar-refractivity contribution < 1.29 is 14.1 Å². The van der Waals surface area contributed by atoms with E-state index in [1.165, 1.54) is 7.11 Å². The highest BCUT2D eigenvalue weighted by Gasteiger charge is 2.22. The van der Waals surface area contributed by atoms with Gasteiger partial charge in [0.25, 0.3) is 5.91 Å². The Labute approximate surface area is 123 Å². The van der Waals surface area contributed by atoms with Gasteiger partial charge in [-0.1, -0.05) is 11.2 Å². The van der Waals surface area contributed by atoms with E-state index in [-0.39, 0.29) is 11.9 Å². The number of carbonyl (C=O) groups excluding carboxylic acids is 1. The summed E-state index contributed by atoms with van der Waals surface area (Å²) in [4.78, 5) is 12.5. The third-order valence-electron chi connectivity index (χ3n) is 3.37. The van der Waals surface area contributed by atoms with Crippen LogP contribution in [-0.2, 0) is 0 Å². The van der Waals surface area contributed by atoms with Crippen molar-refractivity contribution in [2.75, 3.05) is 12.8 Å². The Kier molecular flexibility index (Phi) is 4.16. The SMILES string of the molecule is COc1cccc(N)c1C(=O)NC(C)c1c(C)noc1C. The Balaban J connectivity index is 2.27. The Hall–Kier alpha value is -2.50. The fourth-order valence-electron chi connectivity index (χ4n) is 2.41. The smallest absolute Gasteiger partial charge is 0.257 e. The summed E-state index contributed by atoms with van der Waals surface area (Å²) in [5.41, 5.74) is 8.22. The second-order valence-corrected chi connectivity index (χ2v) is 4.86. The highest BCUT2D eigenvalue weighted by atomic mass is 16.5. The Bertz CT molecular complexity index is 645. The number of aryl methyl sites for hydroxylation is 2. The summed E-state index contributed by atoms with van der Waals surface area (Å²) >= 11 is 0. The van der Waals surface area contributed by atoms with Crippen molar-refractivity contribution in [2.45, 2.75) is 26.8 Å². The summed E-state index contributed by atoms with van der Waals surface area (Å²) in [5.74, 6) is 0.837. The average Bonchev–Trinajstić information content (AvgIpc) is 2.77. The van der Waals surface area contributed by atoms with Gasteiger partial charge in [0.2, 0.25) is 0 Å². The predicted molar refractivity (Wildman–Crippen MR) is 79.3 cm³/mol. The monoisotopic (exact) mass is 289 g/mol. The fraction of sp³-hybridized carbons (Fsp3) is 0.333. The molecule has 1 unspecified atom stereocenters. The Morgan fingerprint density at radius 3 is 2.71 bits per heavy atom. The van der Waals surface area contributed by atoms with Crippen LogP contribution >= 0.6 is 0 Å². The molecule has 0 radical (unpaired) electrons. The zero-order valence-corrected chi connectivity index (χ0v) is 12.6. The van der Waals surface area contributed by atoms with E-state index in [9.17, 15) is 4.79 Å². The maximum absolute atomic E-state index is 12.5. The molecule has 21 heavy (non-hydrogen) atoms. The Morgan fingerprint density at radius 1 is 1.43 bits per heavy atom. The van der Waals surface area contributed by atoms with E-state index in [0.29, 0.717) is 22.8 Å². The zero-order chi connectivity index (χ0) is 15.6. The van der Waals surface area contributed by atoms with Gasteiger partial charge in [0.15, 0.2) is 0 Å². The third-order valence-corrected chi connectivity index (χ3v) is 3.37. The minimum Gasteiger partial charge on any atom is -0.496 e. The third kappa shape index (κ3) is 2.84. The first kappa shape index (κ1) is 14.9. The number of carbonyl (C=O) groups is 1. The van der Waals surface area contributed by atoms with Gasteiger partial charge in [0, 0.05) is 11.3 Å². The molecule has 0 fully saturated rings. The van der Waals surface area contributed by atoms with E-state index in [2.05, 4.69) is 10.5 Å². The summed E-state index contributed by atoms with van der Waals surface area (Å²) in [6.07, 6.45) is 0. The minimum atomic E-state index is -0.294. The zero-order valence-electron chi connectivity index (χ0n) is 12.6. The van der Waals surface area contributed by atoms with Crippen molar-refractivity contribution in [1.82, 2.24) is 10.5 Å². The highest BCUT2D eigenvalue weighted by molar-refractivity contribution is 6.02. The molecule has 1 aromatic carbocycles. The van der Waals surface area contributed by atoms with E-state index >= 15 is 0 Å². The van der Waals surface area contributed by atoms with E-state index in [1.807, 2.05) is 20.8 Å². The molecular weight excluding hydrogens is 270 g/mol. The summed E-state index contributed by atoms with van der Waals surface area (Å²) in [6, 6.07) is 4.86. The normalized spacial score (nSPS) is 12.0. The van der Waals surface area contributed by atoms with Crippen molar-refractivity contribution in [3.63, 3.8) is 0 Å². The number of anilines is 1. The van der Waals surface area contributed by atoms with Crippen LogP contribution in [0.5, 0.6) is 5.75 Å². The maximum Gasteiger partial charge on any atom is 0.257 e. The van der Waals surface area contributed by atoms with Gasteiger partial charge >= 0.3 is 0 Å². The molecule has 112 valence electrons. The molecule has 0 saturated heterocycles. The molecule has 6 heteroatoms. The van der Waals surface area contributed by atoms with Gasteiger partial charge in [-0.05, 0) is 32.9 Å². The van der Waals surface area contributed by atoms with E-state index < -0.39 is 0 Å². The summed E-state index contributed by atoms with van der Waals surface area (Å²) < 4.78 is 10.3. The molecule has 0 aliphatic carbocycles. The lowest BCUT2D eigenvalue weighted by atomic mass is 10.1. The number of hydrogen-bond donors (Lipinski definition) is 2. The molecule has 1 amide bonds. The number of benzene rings is 1. The highest BCUT2D eigenvalue weighted by Crippen LogP contribution is 2.26. The molecule has 0 spiro atoms. The molecule has 0 aliphatic rings. The van der Waals surface area contributed by atoms with Crippen molar-refractivity contribution in [3.8, 4) is 5.75 Å². The Morgan fingerprint density at radius 2 is 2.14 bits per heavy atom. The van der Waals surface area contributed by atoms with Gasteiger partial charge < -0.3 is 20.3 Å².